The third-order valence-corrected chi connectivity index (χ3v) is 2.67. The molecule has 0 spiro atoms. The molecule has 3 aromatic rings. The van der Waals surface area contributed by atoms with Crippen LogP contribution in [0.3, 0.4) is 0 Å². The first-order valence-corrected chi connectivity index (χ1v) is 6.08. The largest absolute Gasteiger partial charge is 0.484 e. The summed E-state index contributed by atoms with van der Waals surface area (Å²) in [7, 11) is 0. The van der Waals surface area contributed by atoms with E-state index >= 15 is 0 Å². The van der Waals surface area contributed by atoms with Crippen LogP contribution in [0.2, 0.25) is 0 Å². The van der Waals surface area contributed by atoms with E-state index in [1.54, 1.807) is 30.7 Å². The lowest BCUT2D eigenvalue weighted by atomic mass is 10.3. The molecule has 0 radical (unpaired) electrons. The molecule has 0 aliphatic heterocycles. The number of nitrogens with zero attached hydrogens (tertiary/aromatic N) is 2. The highest BCUT2D eigenvalue weighted by Crippen LogP contribution is 2.13. The first kappa shape index (κ1) is 12.2. The van der Waals surface area contributed by atoms with Gasteiger partial charge in [-0.3, -0.25) is 4.79 Å². The van der Waals surface area contributed by atoms with E-state index in [9.17, 15) is 4.79 Å². The first-order chi connectivity index (χ1) is 9.81. The molecule has 20 heavy (non-hydrogen) atoms. The Bertz CT molecular complexity index is 724. The molecule has 6 heteroatoms. The van der Waals surface area contributed by atoms with Crippen molar-refractivity contribution in [3.63, 3.8) is 0 Å². The predicted molar refractivity (Wildman–Crippen MR) is 74.5 cm³/mol. The average molecular weight is 268 g/mol. The molecule has 100 valence electrons. The molecule has 2 heterocycles. The number of para-hydroxylation sites is 1. The van der Waals surface area contributed by atoms with Gasteiger partial charge in [-0.25, -0.2) is 9.97 Å². The number of ether oxygens (including phenoxy) is 1. The van der Waals surface area contributed by atoms with Gasteiger partial charge in [0.05, 0.1) is 23.7 Å². The summed E-state index contributed by atoms with van der Waals surface area (Å²) in [5.41, 5.74) is 1.98. The van der Waals surface area contributed by atoms with Gasteiger partial charge in [0.2, 0.25) is 0 Å². The van der Waals surface area contributed by atoms with E-state index in [-0.39, 0.29) is 12.5 Å². The van der Waals surface area contributed by atoms with Gasteiger partial charge in [-0.2, -0.15) is 0 Å². The minimum Gasteiger partial charge on any atom is -0.484 e. The Morgan fingerprint density at radius 2 is 2.10 bits per heavy atom. The first-order valence-electron chi connectivity index (χ1n) is 6.08. The van der Waals surface area contributed by atoms with Gasteiger partial charge in [-0.1, -0.05) is 18.2 Å². The Labute approximate surface area is 114 Å². The summed E-state index contributed by atoms with van der Waals surface area (Å²) >= 11 is 0. The minimum atomic E-state index is -0.241. The van der Waals surface area contributed by atoms with E-state index in [1.165, 1.54) is 0 Å². The number of rotatable bonds is 4. The third-order valence-electron chi connectivity index (χ3n) is 2.67. The van der Waals surface area contributed by atoms with Gasteiger partial charge in [0.1, 0.15) is 5.75 Å². The maximum absolute atomic E-state index is 11.8. The number of imidazole rings is 1. The number of benzene rings is 1. The molecule has 0 atom stereocenters. The zero-order chi connectivity index (χ0) is 13.8. The van der Waals surface area contributed by atoms with Crippen molar-refractivity contribution in [1.29, 1.82) is 0 Å². The van der Waals surface area contributed by atoms with Gasteiger partial charge in [0, 0.05) is 0 Å². The number of pyridine rings is 1. The molecule has 0 saturated carbocycles. The fraction of sp³-hybridized carbons (Fsp3) is 0.0714. The normalized spacial score (nSPS) is 10.4. The van der Waals surface area contributed by atoms with Gasteiger partial charge in [-0.05, 0) is 18.2 Å². The molecule has 0 aliphatic carbocycles. The zero-order valence-corrected chi connectivity index (χ0v) is 10.5. The number of carbonyl (C=O) groups excluding carboxylic acids is 1. The van der Waals surface area contributed by atoms with E-state index in [0.29, 0.717) is 17.1 Å². The summed E-state index contributed by atoms with van der Waals surface area (Å²) in [6.45, 7) is -0.0506. The maximum atomic E-state index is 11.8. The molecule has 0 unspecified atom stereocenters. The lowest BCUT2D eigenvalue weighted by molar-refractivity contribution is -0.118. The number of fused-ring (bicyclic) bond motifs is 1. The van der Waals surface area contributed by atoms with Crippen molar-refractivity contribution in [2.75, 3.05) is 11.9 Å². The van der Waals surface area contributed by atoms with Gasteiger partial charge in [0.25, 0.3) is 5.91 Å². The van der Waals surface area contributed by atoms with E-state index < -0.39 is 0 Å². The van der Waals surface area contributed by atoms with Crippen molar-refractivity contribution in [2.45, 2.75) is 0 Å². The van der Waals surface area contributed by atoms with Crippen LogP contribution in [0.4, 0.5) is 5.69 Å². The SMILES string of the molecule is O=C(COc1ccccc1)Nc1cnc2nc[nH]c2c1. The molecular weight excluding hydrogens is 256 g/mol. The Morgan fingerprint density at radius 3 is 2.95 bits per heavy atom. The van der Waals surface area contributed by atoms with E-state index in [1.807, 2.05) is 18.2 Å². The molecule has 0 aliphatic rings. The van der Waals surface area contributed by atoms with E-state index in [2.05, 4.69) is 20.3 Å². The Morgan fingerprint density at radius 1 is 1.25 bits per heavy atom. The second-order valence-electron chi connectivity index (χ2n) is 4.15. The monoisotopic (exact) mass is 268 g/mol. The standard InChI is InChI=1S/C14H12N4O2/c19-13(8-20-11-4-2-1-3-5-11)18-10-6-12-14(15-7-10)17-9-16-12/h1-7,9H,8H2,(H,18,19)(H,15,16,17). The summed E-state index contributed by atoms with van der Waals surface area (Å²) in [5, 5.41) is 2.72. The number of hydrogen-bond donors (Lipinski definition) is 2. The molecule has 2 aromatic heterocycles. The fourth-order valence-electron chi connectivity index (χ4n) is 1.76. The smallest absolute Gasteiger partial charge is 0.262 e. The number of aromatic nitrogens is 3. The summed E-state index contributed by atoms with van der Waals surface area (Å²) in [6, 6.07) is 11.0. The van der Waals surface area contributed by atoms with Crippen LogP contribution in [0.15, 0.2) is 48.9 Å². The average Bonchev–Trinajstić information content (AvgIpc) is 2.94. The van der Waals surface area contributed by atoms with Gasteiger partial charge in [-0.15, -0.1) is 0 Å². The summed E-state index contributed by atoms with van der Waals surface area (Å²) < 4.78 is 5.36. The van der Waals surface area contributed by atoms with Crippen LogP contribution >= 0.6 is 0 Å². The topological polar surface area (TPSA) is 79.9 Å². The van der Waals surface area contributed by atoms with E-state index in [4.69, 9.17) is 4.74 Å². The second kappa shape index (κ2) is 5.40. The zero-order valence-electron chi connectivity index (χ0n) is 10.5. The number of anilines is 1. The molecule has 6 nitrogen and oxygen atoms in total. The number of amides is 1. The highest BCUT2D eigenvalue weighted by Gasteiger charge is 2.05. The van der Waals surface area contributed by atoms with Crippen LogP contribution in [0.1, 0.15) is 0 Å². The van der Waals surface area contributed by atoms with Crippen molar-refractivity contribution in [2.24, 2.45) is 0 Å². The van der Waals surface area contributed by atoms with Crippen LogP contribution in [-0.2, 0) is 4.79 Å². The van der Waals surface area contributed by atoms with Crippen molar-refractivity contribution in [1.82, 2.24) is 15.0 Å². The Balaban J connectivity index is 1.61. The predicted octanol–water partition coefficient (Wildman–Crippen LogP) is 1.98. The van der Waals surface area contributed by atoms with Crippen LogP contribution in [-0.4, -0.2) is 27.5 Å². The molecule has 2 N–H and O–H groups in total. The van der Waals surface area contributed by atoms with Gasteiger partial charge in [0.15, 0.2) is 12.3 Å². The maximum Gasteiger partial charge on any atom is 0.262 e. The summed E-state index contributed by atoms with van der Waals surface area (Å²) in [6.07, 6.45) is 3.12. The highest BCUT2D eigenvalue weighted by molar-refractivity contribution is 5.93. The molecule has 0 bridgehead atoms. The molecule has 3 rings (SSSR count). The van der Waals surface area contributed by atoms with E-state index in [0.717, 1.165) is 5.52 Å². The summed E-state index contributed by atoms with van der Waals surface area (Å²) in [4.78, 5) is 22.8. The molecule has 1 aromatic carbocycles. The fourth-order valence-corrected chi connectivity index (χ4v) is 1.76. The quantitative estimate of drug-likeness (QED) is 0.758. The number of H-pyrrole nitrogens is 1. The highest BCUT2D eigenvalue weighted by atomic mass is 16.5. The number of aromatic amines is 1. The van der Waals surface area contributed by atoms with Crippen LogP contribution in [0.25, 0.3) is 11.2 Å². The number of nitrogens with one attached hydrogen (secondary N) is 2. The van der Waals surface area contributed by atoms with Crippen LogP contribution in [0, 0.1) is 0 Å². The lowest BCUT2D eigenvalue weighted by Crippen LogP contribution is -2.20. The summed E-state index contributed by atoms with van der Waals surface area (Å²) in [5.74, 6) is 0.416. The van der Waals surface area contributed by atoms with Crippen LogP contribution in [0.5, 0.6) is 5.75 Å². The third kappa shape index (κ3) is 2.74. The number of carbonyl (C=O) groups is 1. The molecular formula is C14H12N4O2. The van der Waals surface area contributed by atoms with Crippen molar-refractivity contribution < 1.29 is 9.53 Å². The van der Waals surface area contributed by atoms with Crippen LogP contribution < -0.4 is 10.1 Å². The second-order valence-corrected chi connectivity index (χ2v) is 4.15. The van der Waals surface area contributed by atoms with Crippen molar-refractivity contribution >= 4 is 22.8 Å². The van der Waals surface area contributed by atoms with Crippen molar-refractivity contribution in [3.05, 3.63) is 48.9 Å². The molecule has 0 fully saturated rings. The minimum absolute atomic E-state index is 0.0506. The number of hydrogen-bond acceptors (Lipinski definition) is 4. The van der Waals surface area contributed by atoms with Gasteiger partial charge >= 0.3 is 0 Å². The Hall–Kier alpha value is -2.89. The molecule has 1 amide bonds. The Kier molecular flexibility index (Phi) is 3.28. The van der Waals surface area contributed by atoms with Gasteiger partial charge < -0.3 is 15.0 Å². The van der Waals surface area contributed by atoms with Crippen molar-refractivity contribution in [3.8, 4) is 5.75 Å². The molecule has 0 saturated heterocycles. The lowest BCUT2D eigenvalue weighted by Gasteiger charge is -2.07.